The summed E-state index contributed by atoms with van der Waals surface area (Å²) in [6, 6.07) is 28.0. The number of ketones is 1. The fourth-order valence-corrected chi connectivity index (χ4v) is 3.17. The molecule has 0 heterocycles. The first kappa shape index (κ1) is 17.5. The Morgan fingerprint density at radius 2 is 1.20 bits per heavy atom. The largest absolute Gasteiger partial charge is 0.321 e. The van der Waals surface area contributed by atoms with Crippen molar-refractivity contribution in [1.82, 2.24) is 0 Å². The first-order chi connectivity index (χ1) is 12.2. The number of rotatable bonds is 6. The predicted molar refractivity (Wildman–Crippen MR) is 106 cm³/mol. The summed E-state index contributed by atoms with van der Waals surface area (Å²) in [4.78, 5) is 12.2. The van der Waals surface area contributed by atoms with E-state index in [4.69, 9.17) is 5.73 Å². The van der Waals surface area contributed by atoms with Gasteiger partial charge in [0, 0.05) is 17.2 Å². The van der Waals surface area contributed by atoms with E-state index in [1.165, 1.54) is 11.1 Å². The minimum atomic E-state index is -0.562. The molecule has 0 bridgehead atoms. The molecule has 0 spiro atoms. The van der Waals surface area contributed by atoms with Crippen molar-refractivity contribution in [3.05, 3.63) is 107 Å². The summed E-state index contributed by atoms with van der Waals surface area (Å²) >= 11 is 4.11. The zero-order chi connectivity index (χ0) is 17.6. The molecule has 0 saturated carbocycles. The number of nitrogens with two attached hydrogens (primary N) is 1. The van der Waals surface area contributed by atoms with Gasteiger partial charge in [0.2, 0.25) is 0 Å². The SMILES string of the molecule is N[C@H](CS)C(=O)c1ccc(C(c2ccccc2)c2ccccc2)cc1. The van der Waals surface area contributed by atoms with Gasteiger partial charge >= 0.3 is 0 Å². The quantitative estimate of drug-likeness (QED) is 0.396. The summed E-state index contributed by atoms with van der Waals surface area (Å²) in [6.45, 7) is 0. The molecule has 0 aliphatic carbocycles. The molecule has 0 radical (unpaired) electrons. The van der Waals surface area contributed by atoms with Crippen molar-refractivity contribution < 1.29 is 4.79 Å². The van der Waals surface area contributed by atoms with Crippen LogP contribution in [0.1, 0.15) is 33.0 Å². The van der Waals surface area contributed by atoms with Crippen LogP contribution in [-0.2, 0) is 0 Å². The van der Waals surface area contributed by atoms with E-state index in [9.17, 15) is 4.79 Å². The zero-order valence-corrected chi connectivity index (χ0v) is 14.8. The standard InChI is InChI=1S/C22H21NOS/c23-20(15-25)22(24)19-13-11-18(12-14-19)21(16-7-3-1-4-8-16)17-9-5-2-6-10-17/h1-14,20-21,25H,15,23H2/t20-/m1/s1. The average molecular weight is 347 g/mol. The highest BCUT2D eigenvalue weighted by atomic mass is 32.1. The molecule has 1 atom stereocenters. The van der Waals surface area contributed by atoms with Crippen LogP contribution in [0.15, 0.2) is 84.9 Å². The Morgan fingerprint density at radius 1 is 0.760 bits per heavy atom. The highest BCUT2D eigenvalue weighted by Crippen LogP contribution is 2.31. The van der Waals surface area contributed by atoms with Crippen LogP contribution in [0.2, 0.25) is 0 Å². The van der Waals surface area contributed by atoms with Gasteiger partial charge in [-0.25, -0.2) is 0 Å². The molecular formula is C22H21NOS. The lowest BCUT2D eigenvalue weighted by molar-refractivity contribution is 0.0970. The fourth-order valence-electron chi connectivity index (χ4n) is 3.01. The Morgan fingerprint density at radius 3 is 1.64 bits per heavy atom. The summed E-state index contributed by atoms with van der Waals surface area (Å²) in [5.41, 5.74) is 10.0. The maximum absolute atomic E-state index is 12.2. The Kier molecular flexibility index (Phi) is 5.69. The predicted octanol–water partition coefficient (Wildman–Crippen LogP) is 4.31. The van der Waals surface area contributed by atoms with Gasteiger partial charge in [-0.15, -0.1) is 0 Å². The van der Waals surface area contributed by atoms with Crippen molar-refractivity contribution in [1.29, 1.82) is 0 Å². The third-order valence-electron chi connectivity index (χ3n) is 4.33. The lowest BCUT2D eigenvalue weighted by atomic mass is 9.84. The van der Waals surface area contributed by atoms with E-state index >= 15 is 0 Å². The minimum absolute atomic E-state index is 0.0717. The van der Waals surface area contributed by atoms with Gasteiger partial charge in [-0.05, 0) is 16.7 Å². The fraction of sp³-hybridized carbons (Fsp3) is 0.136. The third-order valence-corrected chi connectivity index (χ3v) is 4.72. The first-order valence-electron chi connectivity index (χ1n) is 8.31. The number of carbonyl (C=O) groups excluding carboxylic acids is 1. The maximum Gasteiger partial charge on any atom is 0.180 e. The van der Waals surface area contributed by atoms with E-state index in [-0.39, 0.29) is 11.7 Å². The van der Waals surface area contributed by atoms with E-state index in [0.29, 0.717) is 11.3 Å². The summed E-state index contributed by atoms with van der Waals surface area (Å²) in [7, 11) is 0. The highest BCUT2D eigenvalue weighted by Gasteiger charge is 2.18. The van der Waals surface area contributed by atoms with Crippen LogP contribution in [0.4, 0.5) is 0 Å². The molecule has 3 heteroatoms. The first-order valence-corrected chi connectivity index (χ1v) is 8.94. The minimum Gasteiger partial charge on any atom is -0.321 e. The molecule has 0 aliphatic heterocycles. The van der Waals surface area contributed by atoms with Crippen molar-refractivity contribution in [3.63, 3.8) is 0 Å². The molecule has 0 saturated heterocycles. The van der Waals surface area contributed by atoms with Crippen molar-refractivity contribution in [2.75, 3.05) is 5.75 Å². The van der Waals surface area contributed by atoms with Gasteiger partial charge < -0.3 is 5.73 Å². The molecule has 0 unspecified atom stereocenters. The molecule has 3 aromatic carbocycles. The second-order valence-electron chi connectivity index (χ2n) is 6.03. The van der Waals surface area contributed by atoms with E-state index in [0.717, 1.165) is 5.56 Å². The van der Waals surface area contributed by atoms with E-state index < -0.39 is 6.04 Å². The summed E-state index contributed by atoms with van der Waals surface area (Å²) < 4.78 is 0. The van der Waals surface area contributed by atoms with Crippen LogP contribution in [-0.4, -0.2) is 17.6 Å². The molecule has 0 fully saturated rings. The van der Waals surface area contributed by atoms with Crippen molar-refractivity contribution in [2.24, 2.45) is 5.73 Å². The lowest BCUT2D eigenvalue weighted by Gasteiger charge is -2.19. The summed E-state index contributed by atoms with van der Waals surface area (Å²) in [6.07, 6.45) is 0. The molecule has 2 N–H and O–H groups in total. The molecular weight excluding hydrogens is 326 g/mol. The molecule has 3 rings (SSSR count). The average Bonchev–Trinajstić information content (AvgIpc) is 2.69. The van der Waals surface area contributed by atoms with Crippen LogP contribution in [0.3, 0.4) is 0 Å². The van der Waals surface area contributed by atoms with E-state index in [1.54, 1.807) is 0 Å². The molecule has 126 valence electrons. The Labute approximate surface area is 154 Å². The van der Waals surface area contributed by atoms with Gasteiger partial charge in [0.15, 0.2) is 5.78 Å². The molecule has 0 aromatic heterocycles. The number of benzene rings is 3. The number of hydrogen-bond acceptors (Lipinski definition) is 3. The van der Waals surface area contributed by atoms with Crippen LogP contribution in [0.5, 0.6) is 0 Å². The topological polar surface area (TPSA) is 43.1 Å². The molecule has 25 heavy (non-hydrogen) atoms. The number of carbonyl (C=O) groups is 1. The van der Waals surface area contributed by atoms with Gasteiger partial charge in [0.25, 0.3) is 0 Å². The summed E-state index contributed by atoms with van der Waals surface area (Å²) in [5.74, 6) is 0.402. The van der Waals surface area contributed by atoms with E-state index in [1.807, 2.05) is 36.4 Å². The summed E-state index contributed by atoms with van der Waals surface area (Å²) in [5, 5.41) is 0. The highest BCUT2D eigenvalue weighted by molar-refractivity contribution is 7.80. The second-order valence-corrected chi connectivity index (χ2v) is 6.39. The lowest BCUT2D eigenvalue weighted by Crippen LogP contribution is -2.32. The van der Waals surface area contributed by atoms with Crippen molar-refractivity contribution >= 4 is 18.4 Å². The number of Topliss-reactive ketones (excluding diaryl/α,β-unsaturated/α-hetero) is 1. The Balaban J connectivity index is 1.99. The molecule has 0 aliphatic rings. The van der Waals surface area contributed by atoms with Crippen LogP contribution in [0.25, 0.3) is 0 Å². The Bertz CT molecular complexity index is 776. The van der Waals surface area contributed by atoms with Crippen molar-refractivity contribution in [3.8, 4) is 0 Å². The number of thiol groups is 1. The van der Waals surface area contributed by atoms with Crippen LogP contribution >= 0.6 is 12.6 Å². The van der Waals surface area contributed by atoms with Gasteiger partial charge in [-0.2, -0.15) is 12.6 Å². The normalized spacial score (nSPS) is 12.1. The maximum atomic E-state index is 12.2. The number of hydrogen-bond donors (Lipinski definition) is 2. The second kappa shape index (κ2) is 8.15. The van der Waals surface area contributed by atoms with Crippen LogP contribution in [0, 0.1) is 0 Å². The van der Waals surface area contributed by atoms with Crippen LogP contribution < -0.4 is 5.73 Å². The Hall–Kier alpha value is -2.36. The monoisotopic (exact) mass is 347 g/mol. The zero-order valence-electron chi connectivity index (χ0n) is 13.9. The van der Waals surface area contributed by atoms with Gasteiger partial charge in [0.05, 0.1) is 6.04 Å². The smallest absolute Gasteiger partial charge is 0.180 e. The van der Waals surface area contributed by atoms with E-state index in [2.05, 4.69) is 61.2 Å². The van der Waals surface area contributed by atoms with Crippen molar-refractivity contribution in [2.45, 2.75) is 12.0 Å². The van der Waals surface area contributed by atoms with Gasteiger partial charge in [-0.3, -0.25) is 4.79 Å². The van der Waals surface area contributed by atoms with Gasteiger partial charge in [0.1, 0.15) is 0 Å². The molecule has 0 amide bonds. The van der Waals surface area contributed by atoms with Gasteiger partial charge in [-0.1, -0.05) is 84.9 Å². The molecule has 2 nitrogen and oxygen atoms in total. The third kappa shape index (κ3) is 4.01. The molecule has 3 aromatic rings.